The highest BCUT2D eigenvalue weighted by atomic mass is 16.2. The molecule has 1 saturated heterocycles. The number of nitrogens with one attached hydrogen (secondary N) is 1. The molecular formula is C18H26N4O. The Bertz CT molecular complexity index is 600. The summed E-state index contributed by atoms with van der Waals surface area (Å²) in [5.41, 5.74) is 1.76. The maximum Gasteiger partial charge on any atom is 0.274 e. The molecule has 0 radical (unpaired) electrons. The summed E-state index contributed by atoms with van der Waals surface area (Å²) in [5, 5.41) is 7.30. The summed E-state index contributed by atoms with van der Waals surface area (Å²) in [6.07, 6.45) is 8.23. The fraction of sp³-hybridized carbons (Fsp3) is 0.778. The first kappa shape index (κ1) is 14.0. The Kier molecular flexibility index (Phi) is 3.25. The third-order valence-corrected chi connectivity index (χ3v) is 6.61. The third kappa shape index (κ3) is 2.49. The summed E-state index contributed by atoms with van der Waals surface area (Å²) in [6, 6.07) is 2.78. The second-order valence-electron chi connectivity index (χ2n) is 8.05. The quantitative estimate of drug-likeness (QED) is 0.931. The van der Waals surface area contributed by atoms with Crippen molar-refractivity contribution in [3.63, 3.8) is 0 Å². The van der Waals surface area contributed by atoms with Crippen LogP contribution in [0.2, 0.25) is 0 Å². The molecule has 124 valence electrons. The van der Waals surface area contributed by atoms with Crippen LogP contribution in [0, 0.1) is 11.8 Å². The molecule has 4 fully saturated rings. The number of rotatable bonds is 3. The van der Waals surface area contributed by atoms with Gasteiger partial charge in [-0.25, -0.2) is 0 Å². The van der Waals surface area contributed by atoms with E-state index in [1.54, 1.807) is 0 Å². The molecule has 1 N–H and O–H groups in total. The monoisotopic (exact) mass is 314 g/mol. The van der Waals surface area contributed by atoms with Crippen LogP contribution in [0.3, 0.4) is 0 Å². The van der Waals surface area contributed by atoms with Crippen molar-refractivity contribution in [2.45, 2.75) is 50.5 Å². The fourth-order valence-electron chi connectivity index (χ4n) is 5.13. The minimum Gasteiger partial charge on any atom is -0.335 e. The maximum absolute atomic E-state index is 12.6. The predicted octanol–water partition coefficient (Wildman–Crippen LogP) is 2.23. The molecule has 2 heterocycles. The molecule has 1 amide bonds. The molecule has 5 rings (SSSR count). The Morgan fingerprint density at radius 3 is 2.57 bits per heavy atom. The summed E-state index contributed by atoms with van der Waals surface area (Å²) >= 11 is 0. The highest BCUT2D eigenvalue weighted by Crippen LogP contribution is 2.46. The van der Waals surface area contributed by atoms with Crippen molar-refractivity contribution in [1.29, 1.82) is 0 Å². The molecule has 3 aliphatic carbocycles. The van der Waals surface area contributed by atoms with Gasteiger partial charge in [0.15, 0.2) is 0 Å². The van der Waals surface area contributed by atoms with Crippen LogP contribution in [0.25, 0.3) is 0 Å². The number of amides is 1. The van der Waals surface area contributed by atoms with Gasteiger partial charge in [0.2, 0.25) is 0 Å². The van der Waals surface area contributed by atoms with E-state index in [9.17, 15) is 4.79 Å². The SMILES string of the molecule is O=C(c1cc(C2CC2)[nH]n1)N1CCN([C@H]2C[C@H]3CC[C@H]2C3)CC1. The van der Waals surface area contributed by atoms with Crippen molar-refractivity contribution < 1.29 is 4.79 Å². The summed E-state index contributed by atoms with van der Waals surface area (Å²) in [4.78, 5) is 17.3. The second kappa shape index (κ2) is 5.33. The fourth-order valence-corrected chi connectivity index (χ4v) is 5.13. The predicted molar refractivity (Wildman–Crippen MR) is 87.3 cm³/mol. The smallest absolute Gasteiger partial charge is 0.274 e. The molecule has 1 aromatic rings. The van der Waals surface area contributed by atoms with Crippen LogP contribution in [-0.4, -0.2) is 58.1 Å². The van der Waals surface area contributed by atoms with Gasteiger partial charge < -0.3 is 4.90 Å². The van der Waals surface area contributed by atoms with Gasteiger partial charge in [-0.3, -0.25) is 14.8 Å². The molecule has 1 aromatic heterocycles. The Morgan fingerprint density at radius 2 is 1.91 bits per heavy atom. The number of H-pyrrole nitrogens is 1. The molecule has 1 aliphatic heterocycles. The van der Waals surface area contributed by atoms with Gasteiger partial charge in [0.1, 0.15) is 5.69 Å². The molecule has 5 heteroatoms. The Hall–Kier alpha value is -1.36. The summed E-state index contributed by atoms with van der Waals surface area (Å²) in [7, 11) is 0. The molecule has 0 aromatic carbocycles. The van der Waals surface area contributed by atoms with Crippen LogP contribution in [-0.2, 0) is 0 Å². The highest BCUT2D eigenvalue weighted by molar-refractivity contribution is 5.92. The number of carbonyl (C=O) groups excluding carboxylic acids is 1. The summed E-state index contributed by atoms with van der Waals surface area (Å²) in [5.74, 6) is 2.67. The van der Waals surface area contributed by atoms with Crippen molar-refractivity contribution in [1.82, 2.24) is 20.0 Å². The van der Waals surface area contributed by atoms with E-state index in [0.717, 1.165) is 49.8 Å². The first-order valence-electron chi connectivity index (χ1n) is 9.36. The van der Waals surface area contributed by atoms with Crippen LogP contribution in [0.1, 0.15) is 60.6 Å². The lowest BCUT2D eigenvalue weighted by Crippen LogP contribution is -2.53. The summed E-state index contributed by atoms with van der Waals surface area (Å²) < 4.78 is 0. The van der Waals surface area contributed by atoms with Gasteiger partial charge in [-0.15, -0.1) is 0 Å². The number of hydrogen-bond donors (Lipinski definition) is 1. The van der Waals surface area contributed by atoms with Gasteiger partial charge in [0.25, 0.3) is 5.91 Å². The van der Waals surface area contributed by atoms with E-state index in [2.05, 4.69) is 15.1 Å². The van der Waals surface area contributed by atoms with Crippen LogP contribution >= 0.6 is 0 Å². The van der Waals surface area contributed by atoms with Crippen LogP contribution in [0.15, 0.2) is 6.07 Å². The zero-order chi connectivity index (χ0) is 15.4. The average Bonchev–Trinajstić information content (AvgIpc) is 3.03. The van der Waals surface area contributed by atoms with Gasteiger partial charge in [0, 0.05) is 43.8 Å². The van der Waals surface area contributed by atoms with E-state index >= 15 is 0 Å². The molecule has 5 nitrogen and oxygen atoms in total. The van der Waals surface area contributed by atoms with Crippen molar-refractivity contribution >= 4 is 5.91 Å². The minimum absolute atomic E-state index is 0.112. The molecule has 3 atom stereocenters. The van der Waals surface area contributed by atoms with Gasteiger partial charge >= 0.3 is 0 Å². The van der Waals surface area contributed by atoms with E-state index in [1.165, 1.54) is 38.5 Å². The molecule has 2 bridgehead atoms. The standard InChI is InChI=1S/C18H26N4O/c23-18(16-11-15(19-20-16)13-3-4-13)22-7-5-21(6-8-22)17-10-12-1-2-14(17)9-12/h11-14,17H,1-10H2,(H,19,20)/t12-,14-,17-/m0/s1. The Balaban J connectivity index is 1.19. The van der Waals surface area contributed by atoms with Crippen molar-refractivity contribution in [2.24, 2.45) is 11.8 Å². The highest BCUT2D eigenvalue weighted by Gasteiger charge is 2.43. The number of carbonyl (C=O) groups is 1. The number of hydrogen-bond acceptors (Lipinski definition) is 3. The van der Waals surface area contributed by atoms with Crippen LogP contribution in [0.4, 0.5) is 0 Å². The van der Waals surface area contributed by atoms with Crippen LogP contribution in [0.5, 0.6) is 0 Å². The van der Waals surface area contributed by atoms with Gasteiger partial charge in [-0.1, -0.05) is 6.42 Å². The number of nitrogens with zero attached hydrogens (tertiary/aromatic N) is 3. The summed E-state index contributed by atoms with van der Waals surface area (Å²) in [6.45, 7) is 3.80. The number of fused-ring (bicyclic) bond motifs is 2. The van der Waals surface area contributed by atoms with E-state index in [-0.39, 0.29) is 5.91 Å². The van der Waals surface area contributed by atoms with Crippen LogP contribution < -0.4 is 0 Å². The zero-order valence-corrected chi connectivity index (χ0v) is 13.7. The molecule has 3 saturated carbocycles. The number of piperazine rings is 1. The number of aromatic amines is 1. The topological polar surface area (TPSA) is 52.2 Å². The molecule has 23 heavy (non-hydrogen) atoms. The Morgan fingerprint density at radius 1 is 1.09 bits per heavy atom. The zero-order valence-electron chi connectivity index (χ0n) is 13.7. The molecule has 4 aliphatic rings. The van der Waals surface area contributed by atoms with E-state index in [0.29, 0.717) is 11.6 Å². The van der Waals surface area contributed by atoms with Crippen molar-refractivity contribution in [3.8, 4) is 0 Å². The second-order valence-corrected chi connectivity index (χ2v) is 8.05. The first-order chi connectivity index (χ1) is 11.3. The van der Waals surface area contributed by atoms with E-state index < -0.39 is 0 Å². The third-order valence-electron chi connectivity index (χ3n) is 6.61. The largest absolute Gasteiger partial charge is 0.335 e. The van der Waals surface area contributed by atoms with Gasteiger partial charge in [-0.2, -0.15) is 5.10 Å². The van der Waals surface area contributed by atoms with Crippen molar-refractivity contribution in [2.75, 3.05) is 26.2 Å². The number of aromatic nitrogens is 2. The average molecular weight is 314 g/mol. The first-order valence-corrected chi connectivity index (χ1v) is 9.36. The Labute approximate surface area is 137 Å². The van der Waals surface area contributed by atoms with E-state index in [4.69, 9.17) is 0 Å². The normalized spacial score (nSPS) is 34.3. The lowest BCUT2D eigenvalue weighted by atomic mass is 9.93. The van der Waals surface area contributed by atoms with E-state index in [1.807, 2.05) is 11.0 Å². The van der Waals surface area contributed by atoms with Gasteiger partial charge in [0.05, 0.1) is 0 Å². The van der Waals surface area contributed by atoms with Crippen molar-refractivity contribution in [3.05, 3.63) is 17.5 Å². The molecular weight excluding hydrogens is 288 g/mol. The minimum atomic E-state index is 0.112. The molecule has 0 unspecified atom stereocenters. The molecule has 0 spiro atoms. The lowest BCUT2D eigenvalue weighted by Gasteiger charge is -2.40. The maximum atomic E-state index is 12.6. The lowest BCUT2D eigenvalue weighted by molar-refractivity contribution is 0.0491. The van der Waals surface area contributed by atoms with Gasteiger partial charge in [-0.05, 0) is 50.0 Å².